The molecule has 1 fully saturated rings. The van der Waals surface area contributed by atoms with E-state index in [2.05, 4.69) is 11.9 Å². The molecule has 1 heterocycles. The van der Waals surface area contributed by atoms with E-state index in [9.17, 15) is 4.79 Å². The molecule has 0 aromatic rings. The molecule has 1 aliphatic rings. The Bertz CT molecular complexity index is 216. The zero-order valence-electron chi connectivity index (χ0n) is 9.53. The summed E-state index contributed by atoms with van der Waals surface area (Å²) in [6.07, 6.45) is 5.68. The molecule has 0 bridgehead atoms. The van der Waals surface area contributed by atoms with Crippen molar-refractivity contribution < 1.29 is 6.22 Å². The normalized spacial score (nSPS) is 15.7. The summed E-state index contributed by atoms with van der Waals surface area (Å²) in [5.41, 5.74) is 0. The Balaban J connectivity index is 0. The van der Waals surface area contributed by atoms with Crippen molar-refractivity contribution in [3.05, 3.63) is 24.1 Å². The largest absolute Gasteiger partial charge is 0.340 e. The third kappa shape index (κ3) is 8.27. The first kappa shape index (κ1) is 14.3. The molecule has 4 heteroatoms. The average molecular weight is 230 g/mol. The molecule has 0 spiro atoms. The van der Waals surface area contributed by atoms with Gasteiger partial charge in [0.1, 0.15) is 0 Å². The number of piperazine rings is 1. The standard InChI is InChI=1S/C6H12N2O.C5H8S.H2/c1-6(9)8-4-2-7-3-5-8;1-3-4-5-6-2;/h7H,2-5H2,1H3;3-5H,1H2,2H3;1H/b;5-4-;. The monoisotopic (exact) mass is 230 g/mol. The summed E-state index contributed by atoms with van der Waals surface area (Å²) in [5.74, 6) is 0.191. The first-order valence-corrected chi connectivity index (χ1v) is 6.27. The van der Waals surface area contributed by atoms with Gasteiger partial charge >= 0.3 is 0 Å². The van der Waals surface area contributed by atoms with Gasteiger partial charge in [-0.05, 0) is 11.7 Å². The van der Waals surface area contributed by atoms with Crippen molar-refractivity contribution >= 4 is 17.7 Å². The highest BCUT2D eigenvalue weighted by molar-refractivity contribution is 8.01. The van der Waals surface area contributed by atoms with Crippen molar-refractivity contribution in [3.8, 4) is 0 Å². The molecule has 1 saturated heterocycles. The van der Waals surface area contributed by atoms with Gasteiger partial charge in [-0.2, -0.15) is 0 Å². The van der Waals surface area contributed by atoms with Crippen molar-refractivity contribution in [1.29, 1.82) is 0 Å². The van der Waals surface area contributed by atoms with E-state index in [-0.39, 0.29) is 7.33 Å². The summed E-state index contributed by atoms with van der Waals surface area (Å²) in [6.45, 7) is 8.74. The summed E-state index contributed by atoms with van der Waals surface area (Å²) in [7, 11) is 0. The van der Waals surface area contributed by atoms with Crippen molar-refractivity contribution in [2.24, 2.45) is 0 Å². The van der Waals surface area contributed by atoms with Gasteiger partial charge in [0.2, 0.25) is 5.91 Å². The number of allylic oxidation sites excluding steroid dienone is 2. The number of carbonyl (C=O) groups is 1. The van der Waals surface area contributed by atoms with E-state index in [4.69, 9.17) is 0 Å². The van der Waals surface area contributed by atoms with Gasteiger partial charge in [0.25, 0.3) is 0 Å². The fourth-order valence-electron chi connectivity index (χ4n) is 1.11. The van der Waals surface area contributed by atoms with Gasteiger partial charge in [0, 0.05) is 34.5 Å². The molecule has 0 aromatic heterocycles. The van der Waals surface area contributed by atoms with Gasteiger partial charge in [0.05, 0.1) is 0 Å². The number of carbonyl (C=O) groups excluding carboxylic acids is 1. The predicted molar refractivity (Wildman–Crippen MR) is 70.1 cm³/mol. The molecule has 15 heavy (non-hydrogen) atoms. The van der Waals surface area contributed by atoms with E-state index in [1.54, 1.807) is 24.8 Å². The molecule has 1 rings (SSSR count). The Kier molecular flexibility index (Phi) is 9.32. The second-order valence-corrected chi connectivity index (χ2v) is 3.80. The van der Waals surface area contributed by atoms with E-state index in [0.717, 1.165) is 26.2 Å². The number of hydrogen-bond donors (Lipinski definition) is 1. The number of rotatable bonds is 2. The number of hydrogen-bond acceptors (Lipinski definition) is 3. The van der Waals surface area contributed by atoms with Crippen LogP contribution in [0.1, 0.15) is 8.35 Å². The predicted octanol–water partition coefficient (Wildman–Crippen LogP) is 1.73. The van der Waals surface area contributed by atoms with Gasteiger partial charge < -0.3 is 10.2 Å². The molecule has 0 atom stereocenters. The second-order valence-electron chi connectivity index (χ2n) is 3.06. The zero-order chi connectivity index (χ0) is 11.5. The molecule has 0 aliphatic carbocycles. The fourth-order valence-corrected chi connectivity index (χ4v) is 1.38. The summed E-state index contributed by atoms with van der Waals surface area (Å²) in [5, 5.41) is 5.15. The topological polar surface area (TPSA) is 32.3 Å². The molecule has 0 aromatic carbocycles. The van der Waals surface area contributed by atoms with Crippen molar-refractivity contribution in [3.63, 3.8) is 0 Å². The quantitative estimate of drug-likeness (QED) is 0.733. The van der Waals surface area contributed by atoms with Crippen LogP contribution in [0.15, 0.2) is 24.1 Å². The summed E-state index contributed by atoms with van der Waals surface area (Å²) in [4.78, 5) is 12.6. The third-order valence-corrected chi connectivity index (χ3v) is 2.34. The first-order chi connectivity index (χ1) is 7.22. The van der Waals surface area contributed by atoms with Crippen molar-refractivity contribution in [1.82, 2.24) is 10.2 Å². The SMILES string of the molecule is C=C/C=C\SC.CC(=O)N1CCNCC1.[HH]. The van der Waals surface area contributed by atoms with Crippen LogP contribution in [0, 0.1) is 0 Å². The molecule has 3 nitrogen and oxygen atoms in total. The van der Waals surface area contributed by atoms with E-state index in [1.165, 1.54) is 0 Å². The van der Waals surface area contributed by atoms with Gasteiger partial charge in [-0.3, -0.25) is 4.79 Å². The van der Waals surface area contributed by atoms with Crippen molar-refractivity contribution in [2.45, 2.75) is 6.92 Å². The zero-order valence-corrected chi connectivity index (χ0v) is 10.3. The molecular weight excluding hydrogens is 208 g/mol. The average Bonchev–Trinajstić information content (AvgIpc) is 2.28. The van der Waals surface area contributed by atoms with Crippen LogP contribution < -0.4 is 5.32 Å². The minimum Gasteiger partial charge on any atom is -0.340 e. The Morgan fingerprint density at radius 3 is 2.40 bits per heavy atom. The smallest absolute Gasteiger partial charge is 0.219 e. The highest BCUT2D eigenvalue weighted by atomic mass is 32.2. The van der Waals surface area contributed by atoms with E-state index in [0.29, 0.717) is 0 Å². The van der Waals surface area contributed by atoms with Crippen LogP contribution >= 0.6 is 11.8 Å². The Morgan fingerprint density at radius 2 is 2.13 bits per heavy atom. The molecular formula is C11H22N2OS. The van der Waals surface area contributed by atoms with Crippen molar-refractivity contribution in [2.75, 3.05) is 32.4 Å². The summed E-state index contributed by atoms with van der Waals surface area (Å²) >= 11 is 1.67. The molecule has 1 N–H and O–H groups in total. The molecule has 0 radical (unpaired) electrons. The maximum absolute atomic E-state index is 10.7. The lowest BCUT2D eigenvalue weighted by molar-refractivity contribution is -0.129. The number of thioether (sulfide) groups is 1. The van der Waals surface area contributed by atoms with Gasteiger partial charge in [0.15, 0.2) is 0 Å². The minimum absolute atomic E-state index is 0. The van der Waals surface area contributed by atoms with E-state index < -0.39 is 0 Å². The van der Waals surface area contributed by atoms with Crippen LogP contribution in [0.4, 0.5) is 0 Å². The van der Waals surface area contributed by atoms with Crippen LogP contribution in [0.5, 0.6) is 0 Å². The maximum atomic E-state index is 10.7. The first-order valence-electron chi connectivity index (χ1n) is 4.99. The van der Waals surface area contributed by atoms with Crippen LogP contribution in [0.3, 0.4) is 0 Å². The lowest BCUT2D eigenvalue weighted by atomic mass is 10.4. The Hall–Kier alpha value is -0.740. The lowest BCUT2D eigenvalue weighted by Crippen LogP contribution is -2.45. The molecule has 0 saturated carbocycles. The lowest BCUT2D eigenvalue weighted by Gasteiger charge is -2.25. The Morgan fingerprint density at radius 1 is 1.53 bits per heavy atom. The maximum Gasteiger partial charge on any atom is 0.219 e. The number of nitrogens with one attached hydrogen (secondary N) is 1. The molecule has 88 valence electrons. The number of amides is 1. The second kappa shape index (κ2) is 9.80. The molecule has 1 aliphatic heterocycles. The van der Waals surface area contributed by atoms with Crippen LogP contribution in [0.25, 0.3) is 0 Å². The van der Waals surface area contributed by atoms with Crippen LogP contribution in [0.2, 0.25) is 0 Å². The van der Waals surface area contributed by atoms with E-state index >= 15 is 0 Å². The Labute approximate surface area is 98.1 Å². The highest BCUT2D eigenvalue weighted by Crippen LogP contribution is 1.91. The molecule has 0 unspecified atom stereocenters. The van der Waals surface area contributed by atoms with Crippen LogP contribution in [-0.4, -0.2) is 43.2 Å². The van der Waals surface area contributed by atoms with Crippen LogP contribution in [-0.2, 0) is 4.79 Å². The van der Waals surface area contributed by atoms with Gasteiger partial charge in [-0.15, -0.1) is 11.8 Å². The summed E-state index contributed by atoms with van der Waals surface area (Å²) < 4.78 is 0. The van der Waals surface area contributed by atoms with Gasteiger partial charge in [-0.1, -0.05) is 18.7 Å². The fraction of sp³-hybridized carbons (Fsp3) is 0.545. The highest BCUT2D eigenvalue weighted by Gasteiger charge is 2.10. The minimum atomic E-state index is 0. The molecule has 1 amide bonds. The third-order valence-electron chi connectivity index (χ3n) is 1.91. The number of nitrogens with zero attached hydrogens (tertiary/aromatic N) is 1. The van der Waals surface area contributed by atoms with E-state index in [1.807, 2.05) is 22.6 Å². The van der Waals surface area contributed by atoms with Gasteiger partial charge in [-0.25, -0.2) is 0 Å². The summed E-state index contributed by atoms with van der Waals surface area (Å²) in [6, 6.07) is 0.